The maximum atomic E-state index is 12.6. The zero-order valence-electron chi connectivity index (χ0n) is 12.3. The molecule has 2 heterocycles. The monoisotopic (exact) mass is 280 g/mol. The summed E-state index contributed by atoms with van der Waals surface area (Å²) in [5.41, 5.74) is -2.70. The first-order valence-electron chi connectivity index (χ1n) is 8.27. The zero-order valence-corrected chi connectivity index (χ0v) is 12.3. The van der Waals surface area contributed by atoms with Gasteiger partial charge in [0.1, 0.15) is 5.60 Å². The van der Waals surface area contributed by atoms with Crippen LogP contribution in [0.4, 0.5) is 0 Å². The Hall–Kier alpha value is -0.450. The van der Waals surface area contributed by atoms with Crippen LogP contribution in [0.3, 0.4) is 0 Å². The lowest BCUT2D eigenvalue weighted by Crippen LogP contribution is -3.24. The van der Waals surface area contributed by atoms with Gasteiger partial charge in [-0.3, -0.25) is 4.79 Å². The SMILES string of the molecule is CC1C[C@H]2CC(=O)[C@@]3(O)CCC[NH+]4CCCC23[C@@]4(O)C1. The molecule has 6 atom stereocenters. The highest BCUT2D eigenvalue weighted by Gasteiger charge is 2.78. The minimum Gasteiger partial charge on any atom is -0.381 e. The fourth-order valence-corrected chi connectivity index (χ4v) is 6.49. The quantitative estimate of drug-likeness (QED) is 0.580. The van der Waals surface area contributed by atoms with Gasteiger partial charge in [0, 0.05) is 12.8 Å². The molecule has 4 fully saturated rings. The highest BCUT2D eigenvalue weighted by molar-refractivity contribution is 5.91. The summed E-state index contributed by atoms with van der Waals surface area (Å²) >= 11 is 0. The molecule has 20 heavy (non-hydrogen) atoms. The second-order valence-electron chi connectivity index (χ2n) is 7.87. The Morgan fingerprint density at radius 2 is 1.90 bits per heavy atom. The van der Waals surface area contributed by atoms with Crippen LogP contribution >= 0.6 is 0 Å². The number of nitrogens with one attached hydrogen (secondary N) is 1. The third-order valence-electron chi connectivity index (χ3n) is 7.05. The summed E-state index contributed by atoms with van der Waals surface area (Å²) in [7, 11) is 0. The molecule has 2 aliphatic heterocycles. The van der Waals surface area contributed by atoms with Crippen LogP contribution in [0.15, 0.2) is 0 Å². The first-order valence-corrected chi connectivity index (χ1v) is 8.27. The average molecular weight is 280 g/mol. The fourth-order valence-electron chi connectivity index (χ4n) is 6.49. The van der Waals surface area contributed by atoms with Crippen molar-refractivity contribution in [2.45, 2.75) is 63.2 Å². The minimum atomic E-state index is -1.26. The van der Waals surface area contributed by atoms with E-state index in [9.17, 15) is 15.0 Å². The van der Waals surface area contributed by atoms with Crippen LogP contribution < -0.4 is 4.90 Å². The molecule has 3 N–H and O–H groups in total. The Bertz CT molecular complexity index is 467. The highest BCUT2D eigenvalue weighted by atomic mass is 16.3. The smallest absolute Gasteiger partial charge is 0.208 e. The van der Waals surface area contributed by atoms with Crippen molar-refractivity contribution < 1.29 is 19.9 Å². The molecule has 0 aromatic rings. The molecule has 2 aliphatic carbocycles. The molecule has 0 aromatic heterocycles. The molecule has 0 amide bonds. The average Bonchev–Trinajstić information content (AvgIpc) is 2.56. The van der Waals surface area contributed by atoms with E-state index in [0.29, 0.717) is 18.8 Å². The van der Waals surface area contributed by atoms with Gasteiger partial charge in [-0.15, -0.1) is 0 Å². The Labute approximate surface area is 120 Å². The van der Waals surface area contributed by atoms with E-state index in [0.717, 1.165) is 45.2 Å². The predicted octanol–water partition coefficient (Wildman–Crippen LogP) is -0.116. The second-order valence-corrected chi connectivity index (χ2v) is 7.87. The van der Waals surface area contributed by atoms with Crippen molar-refractivity contribution in [2.75, 3.05) is 13.1 Å². The number of ketones is 1. The molecule has 112 valence electrons. The molecule has 2 saturated carbocycles. The lowest BCUT2D eigenvalue weighted by atomic mass is 9.51. The van der Waals surface area contributed by atoms with Gasteiger partial charge in [0.2, 0.25) is 5.72 Å². The Morgan fingerprint density at radius 3 is 2.65 bits per heavy atom. The van der Waals surface area contributed by atoms with Crippen LogP contribution in [0.2, 0.25) is 0 Å². The number of aliphatic hydroxyl groups is 2. The standard InChI is InChI=1S/C16H25NO3/c1-11-8-12-9-13(18)15(19)5-3-7-17-6-2-4-14(12,15)16(17,20)10-11/h11-12,19-20H,2-10H2,1H3/p+1/t11?,12-,14?,15-,16-/m0/s1. The van der Waals surface area contributed by atoms with Crippen LogP contribution in [0.25, 0.3) is 0 Å². The van der Waals surface area contributed by atoms with E-state index < -0.39 is 16.7 Å². The van der Waals surface area contributed by atoms with E-state index in [1.165, 1.54) is 4.90 Å². The molecule has 0 radical (unpaired) electrons. The summed E-state index contributed by atoms with van der Waals surface area (Å²) in [5, 5.41) is 22.9. The Kier molecular flexibility index (Phi) is 2.54. The molecule has 0 aromatic carbocycles. The van der Waals surface area contributed by atoms with Crippen LogP contribution in [0.5, 0.6) is 0 Å². The van der Waals surface area contributed by atoms with Gasteiger partial charge in [-0.2, -0.15) is 0 Å². The van der Waals surface area contributed by atoms with Crippen molar-refractivity contribution in [2.24, 2.45) is 17.3 Å². The van der Waals surface area contributed by atoms with E-state index in [4.69, 9.17) is 0 Å². The summed E-state index contributed by atoms with van der Waals surface area (Å²) in [5.74, 6) is 0.639. The van der Waals surface area contributed by atoms with Crippen molar-refractivity contribution in [3.63, 3.8) is 0 Å². The van der Waals surface area contributed by atoms with E-state index >= 15 is 0 Å². The number of carbonyl (C=O) groups excluding carboxylic acids is 1. The molecule has 4 heteroatoms. The third kappa shape index (κ3) is 1.23. The van der Waals surface area contributed by atoms with Gasteiger partial charge in [0.15, 0.2) is 5.78 Å². The van der Waals surface area contributed by atoms with Gasteiger partial charge in [-0.1, -0.05) is 6.92 Å². The van der Waals surface area contributed by atoms with Crippen molar-refractivity contribution in [3.05, 3.63) is 0 Å². The summed E-state index contributed by atoms with van der Waals surface area (Å²) in [4.78, 5) is 13.8. The lowest BCUT2D eigenvalue weighted by Gasteiger charge is -2.60. The zero-order chi connectivity index (χ0) is 14.2. The lowest BCUT2D eigenvalue weighted by molar-refractivity contribution is -0.997. The fraction of sp³-hybridized carbons (Fsp3) is 0.938. The maximum absolute atomic E-state index is 12.6. The van der Waals surface area contributed by atoms with Crippen molar-refractivity contribution >= 4 is 5.78 Å². The normalized spacial score (nSPS) is 58.1. The van der Waals surface area contributed by atoms with Gasteiger partial charge in [0.05, 0.1) is 18.5 Å². The van der Waals surface area contributed by atoms with Crippen molar-refractivity contribution in [3.8, 4) is 0 Å². The molecule has 4 rings (SSSR count). The van der Waals surface area contributed by atoms with Gasteiger partial charge in [-0.05, 0) is 43.9 Å². The Morgan fingerprint density at radius 1 is 1.20 bits per heavy atom. The summed E-state index contributed by atoms with van der Waals surface area (Å²) in [6, 6.07) is 0. The largest absolute Gasteiger partial charge is 0.381 e. The number of Topliss-reactive ketones (excluding diaryl/α,β-unsaturated/α-hetero) is 1. The van der Waals surface area contributed by atoms with Crippen LogP contribution in [-0.2, 0) is 4.79 Å². The topological polar surface area (TPSA) is 62.0 Å². The van der Waals surface area contributed by atoms with E-state index in [1.807, 2.05) is 0 Å². The molecule has 4 nitrogen and oxygen atoms in total. The van der Waals surface area contributed by atoms with E-state index in [2.05, 4.69) is 6.92 Å². The van der Waals surface area contributed by atoms with E-state index in [1.54, 1.807) is 0 Å². The second kappa shape index (κ2) is 3.84. The summed E-state index contributed by atoms with van der Waals surface area (Å²) < 4.78 is 0. The van der Waals surface area contributed by atoms with E-state index in [-0.39, 0.29) is 11.7 Å². The molecular formula is C16H26NO3+. The first kappa shape index (κ1) is 13.2. The number of carbonyl (C=O) groups is 1. The van der Waals surface area contributed by atoms with Crippen molar-refractivity contribution in [1.29, 1.82) is 0 Å². The summed E-state index contributed by atoms with van der Waals surface area (Å²) in [6.07, 6.45) is 5.48. The van der Waals surface area contributed by atoms with Gasteiger partial charge in [-0.25, -0.2) is 0 Å². The molecule has 4 aliphatic rings. The van der Waals surface area contributed by atoms with Crippen molar-refractivity contribution in [1.82, 2.24) is 0 Å². The number of quaternary nitrogens is 1. The van der Waals surface area contributed by atoms with Gasteiger partial charge < -0.3 is 15.1 Å². The van der Waals surface area contributed by atoms with Gasteiger partial charge in [0.25, 0.3) is 0 Å². The van der Waals surface area contributed by atoms with Crippen LogP contribution in [0, 0.1) is 17.3 Å². The number of rotatable bonds is 0. The van der Waals surface area contributed by atoms with Crippen LogP contribution in [-0.4, -0.2) is 40.4 Å². The number of hydrogen-bond donors (Lipinski definition) is 3. The molecule has 2 bridgehead atoms. The van der Waals surface area contributed by atoms with Crippen LogP contribution in [0.1, 0.15) is 51.9 Å². The summed E-state index contributed by atoms with van der Waals surface area (Å²) in [6.45, 7) is 4.07. The molecule has 3 unspecified atom stereocenters. The first-order chi connectivity index (χ1) is 9.44. The third-order valence-corrected chi connectivity index (χ3v) is 7.05. The predicted molar refractivity (Wildman–Crippen MR) is 73.0 cm³/mol. The maximum Gasteiger partial charge on any atom is 0.208 e. The molecular weight excluding hydrogens is 254 g/mol. The highest BCUT2D eigenvalue weighted by Crippen LogP contribution is 2.64. The molecule has 1 spiro atoms. The van der Waals surface area contributed by atoms with Gasteiger partial charge >= 0.3 is 0 Å². The number of hydrogen-bond acceptors (Lipinski definition) is 3. The Balaban J connectivity index is 1.95. The minimum absolute atomic E-state index is 0.0122. The number of piperidine rings is 1. The molecule has 2 saturated heterocycles.